The molecular weight excluding hydrogens is 494 g/mol. The first-order valence-corrected chi connectivity index (χ1v) is 13.4. The van der Waals surface area contributed by atoms with Gasteiger partial charge in [0.15, 0.2) is 5.82 Å². The van der Waals surface area contributed by atoms with E-state index in [4.69, 9.17) is 19.4 Å². The van der Waals surface area contributed by atoms with E-state index in [9.17, 15) is 13.9 Å². The number of likely N-dealkylation sites (N-methyl/N-ethyl adjacent to an activating group) is 1. The number of aliphatic hydroxyl groups is 1. The molecule has 1 aromatic carbocycles. The number of aliphatic hydroxyl groups excluding tert-OH is 1. The normalized spacial score (nSPS) is 24.3. The molecule has 9 nitrogen and oxygen atoms in total. The first-order valence-electron chi connectivity index (χ1n) is 13.4. The van der Waals surface area contributed by atoms with Crippen molar-refractivity contribution >= 4 is 11.6 Å². The maximum Gasteiger partial charge on any atom is 0.251 e. The van der Waals surface area contributed by atoms with E-state index in [1.165, 1.54) is 0 Å². The zero-order valence-electron chi connectivity index (χ0n) is 22.1. The van der Waals surface area contributed by atoms with Gasteiger partial charge in [0.2, 0.25) is 0 Å². The highest BCUT2D eigenvalue weighted by Gasteiger charge is 2.41. The van der Waals surface area contributed by atoms with Crippen LogP contribution in [0.1, 0.15) is 12.0 Å². The van der Waals surface area contributed by atoms with E-state index in [0.29, 0.717) is 49.7 Å². The van der Waals surface area contributed by atoms with E-state index in [0.717, 1.165) is 48.9 Å². The van der Waals surface area contributed by atoms with E-state index in [-0.39, 0.29) is 19.2 Å². The predicted molar refractivity (Wildman–Crippen MR) is 142 cm³/mol. The lowest BCUT2D eigenvalue weighted by Gasteiger charge is -2.25. The zero-order valence-corrected chi connectivity index (χ0v) is 22.1. The van der Waals surface area contributed by atoms with Crippen LogP contribution in [0.25, 0.3) is 11.4 Å². The summed E-state index contributed by atoms with van der Waals surface area (Å²) in [5, 5.41) is 16.5. The van der Waals surface area contributed by atoms with Gasteiger partial charge in [0.05, 0.1) is 19.2 Å². The van der Waals surface area contributed by atoms with Gasteiger partial charge < -0.3 is 30.1 Å². The van der Waals surface area contributed by atoms with E-state index < -0.39 is 12.5 Å². The molecule has 38 heavy (non-hydrogen) atoms. The Hall–Kier alpha value is -2.60. The van der Waals surface area contributed by atoms with Crippen LogP contribution in [0.5, 0.6) is 5.75 Å². The molecule has 208 valence electrons. The van der Waals surface area contributed by atoms with Crippen molar-refractivity contribution in [2.24, 2.45) is 11.8 Å². The third kappa shape index (κ3) is 6.33. The summed E-state index contributed by atoms with van der Waals surface area (Å²) in [5.41, 5.74) is 1.80. The summed E-state index contributed by atoms with van der Waals surface area (Å²) in [6, 6.07) is 7.78. The van der Waals surface area contributed by atoms with Crippen molar-refractivity contribution in [1.82, 2.24) is 20.2 Å². The van der Waals surface area contributed by atoms with Crippen LogP contribution in [0.4, 0.5) is 20.4 Å². The number of alkyl halides is 2. The third-order valence-corrected chi connectivity index (χ3v) is 7.62. The summed E-state index contributed by atoms with van der Waals surface area (Å²) in [6.45, 7) is 6.87. The van der Waals surface area contributed by atoms with Crippen molar-refractivity contribution in [2.45, 2.75) is 31.9 Å². The van der Waals surface area contributed by atoms with Crippen molar-refractivity contribution in [1.29, 1.82) is 0 Å². The Balaban J connectivity index is 1.39. The molecule has 3 saturated heterocycles. The lowest BCUT2D eigenvalue weighted by atomic mass is 10.0. The highest BCUT2D eigenvalue weighted by atomic mass is 19.3. The van der Waals surface area contributed by atoms with Gasteiger partial charge in [-0.05, 0) is 44.4 Å². The van der Waals surface area contributed by atoms with Crippen LogP contribution in [0.2, 0.25) is 0 Å². The lowest BCUT2D eigenvalue weighted by Crippen LogP contribution is -2.32. The fraction of sp³-hybridized carbons (Fsp3) is 0.630. The fourth-order valence-corrected chi connectivity index (χ4v) is 5.74. The Kier molecular flexibility index (Phi) is 8.57. The second-order valence-electron chi connectivity index (χ2n) is 10.6. The molecule has 4 heterocycles. The van der Waals surface area contributed by atoms with Gasteiger partial charge in [-0.1, -0.05) is 12.1 Å². The molecule has 0 bridgehead atoms. The van der Waals surface area contributed by atoms with Gasteiger partial charge in [-0.3, -0.25) is 4.90 Å². The van der Waals surface area contributed by atoms with Crippen LogP contribution in [-0.4, -0.2) is 105 Å². The van der Waals surface area contributed by atoms with Crippen LogP contribution in [0.3, 0.4) is 0 Å². The Bertz CT molecular complexity index is 1070. The Morgan fingerprint density at radius 2 is 1.97 bits per heavy atom. The smallest absolute Gasteiger partial charge is 0.251 e. The van der Waals surface area contributed by atoms with Crippen molar-refractivity contribution < 1.29 is 23.4 Å². The highest BCUT2D eigenvalue weighted by molar-refractivity contribution is 5.67. The predicted octanol–water partition coefficient (Wildman–Crippen LogP) is 2.25. The number of nitrogens with zero attached hydrogens (tertiary/aromatic N) is 4. The van der Waals surface area contributed by atoms with Gasteiger partial charge >= 0.3 is 0 Å². The zero-order chi connectivity index (χ0) is 26.6. The number of nitrogens with one attached hydrogen (secondary N) is 2. The molecule has 3 fully saturated rings. The quantitative estimate of drug-likeness (QED) is 0.403. The molecule has 0 saturated carbocycles. The minimum absolute atomic E-state index is 0.147. The molecule has 3 aliphatic rings. The third-order valence-electron chi connectivity index (χ3n) is 7.62. The number of benzene rings is 1. The number of anilines is 2. The number of halogens is 2. The minimum Gasteiger partial charge on any atom is -0.491 e. The molecule has 4 unspecified atom stereocenters. The average Bonchev–Trinajstić information content (AvgIpc) is 3.61. The molecule has 0 radical (unpaired) electrons. The van der Waals surface area contributed by atoms with E-state index >= 15 is 0 Å². The van der Waals surface area contributed by atoms with Gasteiger partial charge in [0.1, 0.15) is 30.1 Å². The first kappa shape index (κ1) is 27.0. The molecule has 1 aromatic heterocycles. The summed E-state index contributed by atoms with van der Waals surface area (Å²) in [7, 11) is 1.78. The van der Waals surface area contributed by atoms with Crippen molar-refractivity contribution in [3.63, 3.8) is 0 Å². The van der Waals surface area contributed by atoms with Crippen LogP contribution < -0.4 is 20.3 Å². The number of aromatic nitrogens is 2. The Morgan fingerprint density at radius 3 is 2.66 bits per heavy atom. The largest absolute Gasteiger partial charge is 0.491 e. The number of fused-ring (bicyclic) bond motifs is 1. The Morgan fingerprint density at radius 1 is 1.18 bits per heavy atom. The Labute approximate surface area is 222 Å². The number of hydrogen-bond donors (Lipinski definition) is 3. The van der Waals surface area contributed by atoms with E-state index in [2.05, 4.69) is 15.5 Å². The molecule has 4 atom stereocenters. The highest BCUT2D eigenvalue weighted by Crippen LogP contribution is 2.37. The van der Waals surface area contributed by atoms with Gasteiger partial charge in [0, 0.05) is 50.5 Å². The topological polar surface area (TPSA) is 95.0 Å². The second-order valence-corrected chi connectivity index (χ2v) is 10.6. The summed E-state index contributed by atoms with van der Waals surface area (Å²) in [4.78, 5) is 14.1. The summed E-state index contributed by atoms with van der Waals surface area (Å²) < 4.78 is 37.2. The number of ether oxygens (including phenoxy) is 2. The van der Waals surface area contributed by atoms with Crippen LogP contribution >= 0.6 is 0 Å². The van der Waals surface area contributed by atoms with Crippen LogP contribution in [0.15, 0.2) is 24.3 Å². The summed E-state index contributed by atoms with van der Waals surface area (Å²) >= 11 is 0. The molecule has 0 aliphatic carbocycles. The molecule has 2 aromatic rings. The van der Waals surface area contributed by atoms with E-state index in [1.54, 1.807) is 7.05 Å². The number of likely N-dealkylation sites (tertiary alicyclic amines) is 1. The molecule has 3 N–H and O–H groups in total. The number of hydrogen-bond acceptors (Lipinski definition) is 9. The van der Waals surface area contributed by atoms with Gasteiger partial charge in [-0.2, -0.15) is 0 Å². The second kappa shape index (κ2) is 12.1. The van der Waals surface area contributed by atoms with Gasteiger partial charge in [-0.15, -0.1) is 0 Å². The average molecular weight is 533 g/mol. The molecule has 11 heteroatoms. The summed E-state index contributed by atoms with van der Waals surface area (Å²) in [6.07, 6.45) is -1.99. The standard InChI is InChI=1S/C27H38F2N6O3/c1-17-25(31-21-6-7-37-15-21)32-26(18-4-3-5-23(8-18)38-16-22(36)9-30-2)33-27(17)35-12-19-10-34(14-24(28)29)11-20(19)13-35/h3-5,8,19-22,24,30,36H,6-7,9-16H2,1-2H3,(H,31,32,33). The molecule has 0 spiro atoms. The maximum absolute atomic E-state index is 12.9. The van der Waals surface area contributed by atoms with Crippen LogP contribution in [0, 0.1) is 18.8 Å². The SMILES string of the molecule is CNCC(O)COc1cccc(-c2nc(NC3CCOC3)c(C)c(N3CC4CN(CC(F)F)CC4C3)n2)c1. The lowest BCUT2D eigenvalue weighted by molar-refractivity contribution is 0.0965. The van der Waals surface area contributed by atoms with Crippen LogP contribution in [-0.2, 0) is 4.74 Å². The maximum atomic E-state index is 12.9. The van der Waals surface area contributed by atoms with Gasteiger partial charge in [0.25, 0.3) is 6.43 Å². The summed E-state index contributed by atoms with van der Waals surface area (Å²) in [5.74, 6) is 3.59. The van der Waals surface area contributed by atoms with Crippen molar-refractivity contribution in [3.8, 4) is 17.1 Å². The molecule has 0 amide bonds. The molecule has 5 rings (SSSR count). The molecule has 3 aliphatic heterocycles. The van der Waals surface area contributed by atoms with Crippen molar-refractivity contribution in [2.75, 3.05) is 76.4 Å². The minimum atomic E-state index is -2.30. The van der Waals surface area contributed by atoms with E-state index in [1.807, 2.05) is 36.1 Å². The number of rotatable bonds is 11. The monoisotopic (exact) mass is 532 g/mol. The van der Waals surface area contributed by atoms with Crippen molar-refractivity contribution in [3.05, 3.63) is 29.8 Å². The first-order chi connectivity index (χ1) is 18.4. The van der Waals surface area contributed by atoms with Gasteiger partial charge in [-0.25, -0.2) is 18.7 Å². The fourth-order valence-electron chi connectivity index (χ4n) is 5.74. The molecular formula is C27H38F2N6O3.